The summed E-state index contributed by atoms with van der Waals surface area (Å²) >= 11 is 0. The molecule has 2 aromatic carbocycles. The Morgan fingerprint density at radius 3 is 2.12 bits per heavy atom. The molecule has 1 heterocycles. The number of rotatable bonds is 8. The number of Topliss-reactive ketones (excluding diaryl/α,β-unsaturated/α-hetero) is 1. The third kappa shape index (κ3) is 5.86. The number of nitrogens with one attached hydrogen (secondary N) is 2. The average molecular weight is 433 g/mol. The minimum Gasteiger partial charge on any atom is -0.350 e. The van der Waals surface area contributed by atoms with Crippen LogP contribution < -0.4 is 10.6 Å². The summed E-state index contributed by atoms with van der Waals surface area (Å²) in [5, 5.41) is 6.94. The van der Waals surface area contributed by atoms with Crippen molar-refractivity contribution in [1.29, 1.82) is 0 Å². The van der Waals surface area contributed by atoms with E-state index in [1.807, 2.05) is 30.3 Å². The van der Waals surface area contributed by atoms with Crippen LogP contribution in [0.1, 0.15) is 67.3 Å². The van der Waals surface area contributed by atoms with Crippen LogP contribution in [0.5, 0.6) is 0 Å². The van der Waals surface area contributed by atoms with E-state index in [2.05, 4.69) is 41.0 Å². The van der Waals surface area contributed by atoms with E-state index in [0.717, 1.165) is 58.0 Å². The van der Waals surface area contributed by atoms with Gasteiger partial charge in [-0.1, -0.05) is 60.7 Å². The van der Waals surface area contributed by atoms with Gasteiger partial charge >= 0.3 is 0 Å². The zero-order valence-electron chi connectivity index (χ0n) is 19.0. The molecule has 1 aliphatic carbocycles. The minimum absolute atomic E-state index is 0.0364. The maximum atomic E-state index is 13.0. The normalized spacial score (nSPS) is 24.1. The lowest BCUT2D eigenvalue weighted by atomic mass is 9.66. The molecule has 170 valence electrons. The maximum Gasteiger partial charge on any atom is 0.220 e. The second-order valence-corrected chi connectivity index (χ2v) is 9.65. The zero-order chi connectivity index (χ0) is 22.2. The molecular weight excluding hydrogens is 396 g/mol. The molecule has 1 amide bonds. The second-order valence-electron chi connectivity index (χ2n) is 9.65. The Kier molecular flexibility index (Phi) is 7.75. The van der Waals surface area contributed by atoms with Crippen molar-refractivity contribution >= 4 is 11.7 Å². The third-order valence-electron chi connectivity index (χ3n) is 7.55. The maximum absolute atomic E-state index is 13.0. The first-order chi connectivity index (χ1) is 15.6. The van der Waals surface area contributed by atoms with Crippen LogP contribution in [0.2, 0.25) is 0 Å². The van der Waals surface area contributed by atoms with Crippen LogP contribution >= 0.6 is 0 Å². The molecule has 32 heavy (non-hydrogen) atoms. The summed E-state index contributed by atoms with van der Waals surface area (Å²) < 4.78 is 0. The van der Waals surface area contributed by atoms with Crippen molar-refractivity contribution in [2.75, 3.05) is 13.1 Å². The molecule has 2 aliphatic rings. The van der Waals surface area contributed by atoms with E-state index in [1.54, 1.807) is 0 Å². The fourth-order valence-corrected chi connectivity index (χ4v) is 5.69. The van der Waals surface area contributed by atoms with Gasteiger partial charge in [-0.25, -0.2) is 0 Å². The molecule has 4 heteroatoms. The van der Waals surface area contributed by atoms with Gasteiger partial charge in [-0.15, -0.1) is 0 Å². The predicted molar refractivity (Wildman–Crippen MR) is 129 cm³/mol. The van der Waals surface area contributed by atoms with Crippen molar-refractivity contribution < 1.29 is 9.59 Å². The molecule has 1 aliphatic heterocycles. The van der Waals surface area contributed by atoms with E-state index in [4.69, 9.17) is 0 Å². The lowest BCUT2D eigenvalue weighted by Gasteiger charge is -2.48. The highest BCUT2D eigenvalue weighted by Crippen LogP contribution is 2.41. The van der Waals surface area contributed by atoms with Gasteiger partial charge in [0.05, 0.1) is 0 Å². The molecule has 0 spiro atoms. The van der Waals surface area contributed by atoms with Gasteiger partial charge in [-0.05, 0) is 75.4 Å². The summed E-state index contributed by atoms with van der Waals surface area (Å²) in [7, 11) is 0. The van der Waals surface area contributed by atoms with Gasteiger partial charge < -0.3 is 10.6 Å². The second kappa shape index (κ2) is 10.9. The monoisotopic (exact) mass is 432 g/mol. The number of carbonyl (C=O) groups is 2. The van der Waals surface area contributed by atoms with E-state index >= 15 is 0 Å². The summed E-state index contributed by atoms with van der Waals surface area (Å²) in [6, 6.07) is 20.0. The van der Waals surface area contributed by atoms with Crippen molar-refractivity contribution in [3.8, 4) is 0 Å². The van der Waals surface area contributed by atoms with Gasteiger partial charge in [0.25, 0.3) is 0 Å². The Balaban J connectivity index is 1.36. The highest BCUT2D eigenvalue weighted by molar-refractivity contribution is 5.97. The zero-order valence-corrected chi connectivity index (χ0v) is 19.0. The number of benzene rings is 2. The van der Waals surface area contributed by atoms with Crippen LogP contribution in [0.15, 0.2) is 60.7 Å². The third-order valence-corrected chi connectivity index (χ3v) is 7.55. The first-order valence-corrected chi connectivity index (χ1v) is 12.3. The lowest BCUT2D eigenvalue weighted by Crippen LogP contribution is -2.57. The standard InChI is InChI=1S/C28H36N2O2/c31-26(24-9-5-2-6-10-24)11-12-27(32)30-28(25-15-19-29-20-16-25)17-13-23(14-18-28)21-22-7-3-1-4-8-22/h1-10,23,25,29H,11-21H2,(H,30,32). The largest absolute Gasteiger partial charge is 0.350 e. The molecule has 4 nitrogen and oxygen atoms in total. The number of hydrogen-bond donors (Lipinski definition) is 2. The van der Waals surface area contributed by atoms with Crippen molar-refractivity contribution in [3.63, 3.8) is 0 Å². The molecule has 0 radical (unpaired) electrons. The summed E-state index contributed by atoms with van der Waals surface area (Å²) in [6.07, 6.45) is 8.32. The predicted octanol–water partition coefficient (Wildman–Crippen LogP) is 4.94. The highest BCUT2D eigenvalue weighted by atomic mass is 16.2. The first kappa shape index (κ1) is 22.7. The molecule has 1 saturated heterocycles. The lowest BCUT2D eigenvalue weighted by molar-refractivity contribution is -0.124. The summed E-state index contributed by atoms with van der Waals surface area (Å²) in [6.45, 7) is 2.06. The summed E-state index contributed by atoms with van der Waals surface area (Å²) in [5.41, 5.74) is 1.99. The molecule has 2 aromatic rings. The Morgan fingerprint density at radius 2 is 1.47 bits per heavy atom. The number of amides is 1. The topological polar surface area (TPSA) is 58.2 Å². The fraction of sp³-hybridized carbons (Fsp3) is 0.500. The number of carbonyl (C=O) groups excluding carboxylic acids is 2. The smallest absolute Gasteiger partial charge is 0.220 e. The number of ketones is 1. The van der Waals surface area contributed by atoms with Crippen molar-refractivity contribution in [2.24, 2.45) is 11.8 Å². The van der Waals surface area contributed by atoms with Gasteiger partial charge in [0.2, 0.25) is 5.91 Å². The Bertz CT molecular complexity index is 867. The Labute approximate surface area is 192 Å². The van der Waals surface area contributed by atoms with Crippen LogP contribution in [0.3, 0.4) is 0 Å². The SMILES string of the molecule is O=C(CCC(=O)c1ccccc1)NC1(C2CCNCC2)CCC(Cc2ccccc2)CC1. The molecule has 2 fully saturated rings. The van der Waals surface area contributed by atoms with E-state index in [1.165, 1.54) is 5.56 Å². The van der Waals surface area contributed by atoms with Crippen molar-refractivity contribution in [3.05, 3.63) is 71.8 Å². The molecule has 2 N–H and O–H groups in total. The molecule has 0 bridgehead atoms. The number of piperidine rings is 1. The van der Waals surface area contributed by atoms with E-state index in [-0.39, 0.29) is 30.1 Å². The molecule has 4 rings (SSSR count). The van der Waals surface area contributed by atoms with Crippen molar-refractivity contribution in [1.82, 2.24) is 10.6 Å². The van der Waals surface area contributed by atoms with Crippen LogP contribution in [-0.2, 0) is 11.2 Å². The van der Waals surface area contributed by atoms with Crippen LogP contribution in [-0.4, -0.2) is 30.3 Å². The van der Waals surface area contributed by atoms with Gasteiger partial charge in [0.15, 0.2) is 5.78 Å². The first-order valence-electron chi connectivity index (χ1n) is 12.3. The molecule has 1 saturated carbocycles. The van der Waals surface area contributed by atoms with E-state index in [0.29, 0.717) is 17.4 Å². The van der Waals surface area contributed by atoms with E-state index < -0.39 is 0 Å². The summed E-state index contributed by atoms with van der Waals surface area (Å²) in [5.74, 6) is 1.29. The van der Waals surface area contributed by atoms with Crippen molar-refractivity contribution in [2.45, 2.75) is 63.3 Å². The quantitative estimate of drug-likeness (QED) is 0.581. The van der Waals surface area contributed by atoms with Crippen LogP contribution in [0.25, 0.3) is 0 Å². The van der Waals surface area contributed by atoms with E-state index in [9.17, 15) is 9.59 Å². The molecule has 0 aromatic heterocycles. The highest BCUT2D eigenvalue weighted by Gasteiger charge is 2.43. The van der Waals surface area contributed by atoms with Crippen LogP contribution in [0.4, 0.5) is 0 Å². The minimum atomic E-state index is -0.109. The number of hydrogen-bond acceptors (Lipinski definition) is 3. The molecule has 0 unspecified atom stereocenters. The van der Waals surface area contributed by atoms with Gasteiger partial charge in [-0.3, -0.25) is 9.59 Å². The summed E-state index contributed by atoms with van der Waals surface area (Å²) in [4.78, 5) is 25.4. The van der Waals surface area contributed by atoms with Crippen LogP contribution in [0, 0.1) is 11.8 Å². The van der Waals surface area contributed by atoms with Gasteiger partial charge in [-0.2, -0.15) is 0 Å². The molecular formula is C28H36N2O2. The molecule has 0 atom stereocenters. The van der Waals surface area contributed by atoms with Gasteiger partial charge in [0.1, 0.15) is 0 Å². The Hall–Kier alpha value is -2.46. The van der Waals surface area contributed by atoms with Gasteiger partial charge in [0, 0.05) is 23.9 Å². The fourth-order valence-electron chi connectivity index (χ4n) is 5.69. The Morgan fingerprint density at radius 1 is 0.844 bits per heavy atom. The average Bonchev–Trinajstić information content (AvgIpc) is 2.85.